The summed E-state index contributed by atoms with van der Waals surface area (Å²) < 4.78 is 0. The number of nitrogens with zero attached hydrogens (tertiary/aromatic N) is 2. The van der Waals surface area contributed by atoms with Gasteiger partial charge in [-0.25, -0.2) is 4.98 Å². The molecule has 1 aliphatic carbocycles. The van der Waals surface area contributed by atoms with E-state index < -0.39 is 0 Å². The van der Waals surface area contributed by atoms with Crippen molar-refractivity contribution >= 4 is 22.3 Å². The maximum Gasteiger partial charge on any atom is 0.186 e. The molecule has 0 radical (unpaired) electrons. The maximum absolute atomic E-state index is 11.8. The normalized spacial score (nSPS) is 28.6. The van der Waals surface area contributed by atoms with Gasteiger partial charge in [0.25, 0.3) is 0 Å². The average Bonchev–Trinajstić information content (AvgIpc) is 2.82. The smallest absolute Gasteiger partial charge is 0.186 e. The molecule has 1 aromatic rings. The van der Waals surface area contributed by atoms with Crippen molar-refractivity contribution in [1.82, 2.24) is 4.98 Å². The molecule has 1 saturated heterocycles. The van der Waals surface area contributed by atoms with Gasteiger partial charge in [-0.2, -0.15) is 0 Å². The third-order valence-corrected chi connectivity index (χ3v) is 4.96. The zero-order valence-electron chi connectivity index (χ0n) is 10.4. The van der Waals surface area contributed by atoms with Gasteiger partial charge in [0.15, 0.2) is 10.9 Å². The van der Waals surface area contributed by atoms with Crippen LogP contribution in [0.5, 0.6) is 0 Å². The molecule has 0 bridgehead atoms. The monoisotopic (exact) mass is 250 g/mol. The lowest BCUT2D eigenvalue weighted by molar-refractivity contribution is 0.0976. The first-order valence-corrected chi connectivity index (χ1v) is 7.26. The van der Waals surface area contributed by atoms with Crippen LogP contribution in [-0.2, 0) is 6.42 Å². The van der Waals surface area contributed by atoms with Crippen molar-refractivity contribution in [3.63, 3.8) is 0 Å². The van der Waals surface area contributed by atoms with Gasteiger partial charge in [0.1, 0.15) is 0 Å². The molecule has 0 N–H and O–H groups in total. The van der Waals surface area contributed by atoms with E-state index >= 15 is 0 Å². The van der Waals surface area contributed by atoms with E-state index in [1.165, 1.54) is 6.42 Å². The Kier molecular flexibility index (Phi) is 2.69. The molecule has 0 aromatic carbocycles. The molecule has 2 unspecified atom stereocenters. The highest BCUT2D eigenvalue weighted by atomic mass is 32.1. The van der Waals surface area contributed by atoms with Crippen LogP contribution in [0.15, 0.2) is 0 Å². The van der Waals surface area contributed by atoms with Crippen LogP contribution in [0, 0.1) is 5.92 Å². The number of aryl methyl sites for hydroxylation is 1. The van der Waals surface area contributed by atoms with Gasteiger partial charge in [0.2, 0.25) is 0 Å². The highest BCUT2D eigenvalue weighted by Crippen LogP contribution is 2.36. The van der Waals surface area contributed by atoms with Crippen LogP contribution in [-0.4, -0.2) is 23.4 Å². The first kappa shape index (κ1) is 11.2. The summed E-state index contributed by atoms with van der Waals surface area (Å²) in [7, 11) is 0. The van der Waals surface area contributed by atoms with Crippen molar-refractivity contribution in [3.8, 4) is 0 Å². The molecule has 2 heterocycles. The van der Waals surface area contributed by atoms with Crippen LogP contribution < -0.4 is 4.90 Å². The molecule has 17 heavy (non-hydrogen) atoms. The van der Waals surface area contributed by atoms with E-state index in [1.54, 1.807) is 11.3 Å². The molecule has 1 fully saturated rings. The van der Waals surface area contributed by atoms with Crippen molar-refractivity contribution in [2.45, 2.75) is 45.6 Å². The molecule has 2 atom stereocenters. The van der Waals surface area contributed by atoms with E-state index in [0.29, 0.717) is 18.2 Å². The molecule has 3 rings (SSSR count). The molecule has 4 heteroatoms. The van der Waals surface area contributed by atoms with Crippen LogP contribution >= 0.6 is 11.3 Å². The van der Waals surface area contributed by atoms with Crippen molar-refractivity contribution < 1.29 is 4.79 Å². The second kappa shape index (κ2) is 4.09. The Morgan fingerprint density at radius 2 is 2.18 bits per heavy atom. The number of hydrogen-bond acceptors (Lipinski definition) is 4. The summed E-state index contributed by atoms with van der Waals surface area (Å²) in [5.41, 5.74) is 1.05. The van der Waals surface area contributed by atoms with E-state index in [2.05, 4.69) is 18.7 Å². The summed E-state index contributed by atoms with van der Waals surface area (Å²) in [6, 6.07) is 0.563. The van der Waals surface area contributed by atoms with Crippen LogP contribution in [0.3, 0.4) is 0 Å². The first-order chi connectivity index (χ1) is 8.15. The van der Waals surface area contributed by atoms with E-state index in [9.17, 15) is 4.79 Å². The van der Waals surface area contributed by atoms with Crippen LogP contribution in [0.25, 0.3) is 0 Å². The average molecular weight is 250 g/mol. The van der Waals surface area contributed by atoms with Gasteiger partial charge in [0, 0.05) is 19.0 Å². The van der Waals surface area contributed by atoms with Gasteiger partial charge in [0.05, 0.1) is 10.6 Å². The lowest BCUT2D eigenvalue weighted by atomic mass is 10.0. The van der Waals surface area contributed by atoms with Crippen LogP contribution in [0.2, 0.25) is 0 Å². The van der Waals surface area contributed by atoms with E-state index in [1.807, 2.05) is 0 Å². The van der Waals surface area contributed by atoms with Crippen molar-refractivity contribution in [3.05, 3.63) is 10.6 Å². The van der Waals surface area contributed by atoms with Crippen molar-refractivity contribution in [2.24, 2.45) is 5.92 Å². The Bertz CT molecular complexity index is 454. The number of anilines is 1. The van der Waals surface area contributed by atoms with Crippen LogP contribution in [0.1, 0.15) is 48.5 Å². The Morgan fingerprint density at radius 3 is 2.82 bits per heavy atom. The summed E-state index contributed by atoms with van der Waals surface area (Å²) in [6.45, 7) is 5.63. The summed E-state index contributed by atoms with van der Waals surface area (Å²) >= 11 is 1.61. The molecule has 0 amide bonds. The third kappa shape index (κ3) is 1.88. The molecular weight excluding hydrogens is 232 g/mol. The van der Waals surface area contributed by atoms with Crippen molar-refractivity contribution in [2.75, 3.05) is 11.4 Å². The fraction of sp³-hybridized carbons (Fsp3) is 0.692. The summed E-state index contributed by atoms with van der Waals surface area (Å²) in [5.74, 6) is 1.04. The number of rotatable bonds is 1. The second-order valence-electron chi connectivity index (χ2n) is 5.39. The quantitative estimate of drug-likeness (QED) is 0.768. The number of Topliss-reactive ketones (excluding diaryl/α,β-unsaturated/α-hetero) is 1. The number of hydrogen-bond donors (Lipinski definition) is 0. The van der Waals surface area contributed by atoms with Gasteiger partial charge >= 0.3 is 0 Å². The predicted octanol–water partition coefficient (Wildman–Crippen LogP) is 2.90. The lowest BCUT2D eigenvalue weighted by Crippen LogP contribution is -2.26. The molecule has 2 aliphatic rings. The standard InChI is InChI=1S/C13H18N2OS/c1-8-6-9(2)15(7-8)13-14-10-4-3-5-11(16)12(10)17-13/h8-9H,3-7H2,1-2H3. The Hall–Kier alpha value is -0.900. The minimum absolute atomic E-state index is 0.301. The largest absolute Gasteiger partial charge is 0.345 e. The minimum Gasteiger partial charge on any atom is -0.345 e. The molecular formula is C13H18N2OS. The van der Waals surface area contributed by atoms with E-state index in [-0.39, 0.29) is 0 Å². The fourth-order valence-electron chi connectivity index (χ4n) is 2.95. The second-order valence-corrected chi connectivity index (χ2v) is 6.37. The Labute approximate surface area is 106 Å². The molecule has 0 saturated carbocycles. The van der Waals surface area contributed by atoms with Gasteiger partial charge in [-0.05, 0) is 32.1 Å². The van der Waals surface area contributed by atoms with Gasteiger partial charge in [-0.15, -0.1) is 0 Å². The SMILES string of the molecule is CC1CC(C)N(c2nc3c(s2)C(=O)CCC3)C1. The predicted molar refractivity (Wildman–Crippen MR) is 70.0 cm³/mol. The number of carbonyl (C=O) groups is 1. The molecule has 1 aromatic heterocycles. The molecule has 92 valence electrons. The zero-order chi connectivity index (χ0) is 12.0. The van der Waals surface area contributed by atoms with Gasteiger partial charge in [-0.1, -0.05) is 18.3 Å². The third-order valence-electron chi connectivity index (χ3n) is 3.79. The minimum atomic E-state index is 0.301. The summed E-state index contributed by atoms with van der Waals surface area (Å²) in [5, 5.41) is 1.07. The van der Waals surface area contributed by atoms with Gasteiger partial charge in [-0.3, -0.25) is 4.79 Å². The van der Waals surface area contributed by atoms with E-state index in [4.69, 9.17) is 4.98 Å². The molecule has 3 nitrogen and oxygen atoms in total. The topological polar surface area (TPSA) is 33.2 Å². The van der Waals surface area contributed by atoms with E-state index in [0.717, 1.165) is 41.0 Å². The highest BCUT2D eigenvalue weighted by Gasteiger charge is 2.31. The fourth-order valence-corrected chi connectivity index (χ4v) is 4.14. The first-order valence-electron chi connectivity index (χ1n) is 6.44. The zero-order valence-corrected chi connectivity index (χ0v) is 11.2. The number of aromatic nitrogens is 1. The van der Waals surface area contributed by atoms with Crippen LogP contribution in [0.4, 0.5) is 5.13 Å². The van der Waals surface area contributed by atoms with Crippen molar-refractivity contribution in [1.29, 1.82) is 0 Å². The maximum atomic E-state index is 11.8. The number of ketones is 1. The lowest BCUT2D eigenvalue weighted by Gasteiger charge is -2.19. The summed E-state index contributed by atoms with van der Waals surface area (Å²) in [6.07, 6.45) is 3.90. The highest BCUT2D eigenvalue weighted by molar-refractivity contribution is 7.17. The Morgan fingerprint density at radius 1 is 1.35 bits per heavy atom. The number of carbonyl (C=O) groups excluding carboxylic acids is 1. The molecule has 0 spiro atoms. The summed E-state index contributed by atoms with van der Waals surface area (Å²) in [4.78, 5) is 19.8. The molecule has 1 aliphatic heterocycles. The number of thiazole rings is 1. The Balaban J connectivity index is 1.92. The van der Waals surface area contributed by atoms with Gasteiger partial charge < -0.3 is 4.90 Å². The number of fused-ring (bicyclic) bond motifs is 1.